The summed E-state index contributed by atoms with van der Waals surface area (Å²) in [5.41, 5.74) is 7.39. The van der Waals surface area contributed by atoms with Gasteiger partial charge in [-0.2, -0.15) is 0 Å². The first kappa shape index (κ1) is 25.0. The highest BCUT2D eigenvalue weighted by Gasteiger charge is 2.35. The van der Waals surface area contributed by atoms with Crippen molar-refractivity contribution < 1.29 is 23.9 Å². The molecule has 0 bridgehead atoms. The quantitative estimate of drug-likeness (QED) is 0.422. The molecule has 0 aromatic heterocycles. The van der Waals surface area contributed by atoms with Crippen molar-refractivity contribution >= 4 is 35.0 Å². The second-order valence-electron chi connectivity index (χ2n) is 8.68. The molecule has 9 nitrogen and oxygen atoms in total. The fraction of sp³-hybridized carbons (Fsp3) is 0.400. The molecule has 2 heterocycles. The number of hydrogen-bond acceptors (Lipinski definition) is 7. The highest BCUT2D eigenvalue weighted by atomic mass is 35.5. The van der Waals surface area contributed by atoms with E-state index in [9.17, 15) is 14.4 Å². The van der Waals surface area contributed by atoms with Gasteiger partial charge in [0.25, 0.3) is 17.7 Å². The lowest BCUT2D eigenvalue weighted by Gasteiger charge is -2.38. The summed E-state index contributed by atoms with van der Waals surface area (Å²) < 4.78 is 11.0. The van der Waals surface area contributed by atoms with Crippen LogP contribution in [-0.4, -0.2) is 80.1 Å². The Labute approximate surface area is 209 Å². The topological polar surface area (TPSA) is 114 Å². The molecule has 0 radical (unpaired) electrons. The van der Waals surface area contributed by atoms with Crippen LogP contribution in [0, 0.1) is 0 Å². The third-order valence-electron chi connectivity index (χ3n) is 6.56. The SMILES string of the molecule is COc1cc(N)c(Cl)cc1C(=O)NC1CCN(CCCN2C(=O)c3ccccc3C2=O)CC1OC. The maximum Gasteiger partial charge on any atom is 0.261 e. The van der Waals surface area contributed by atoms with E-state index in [1.165, 1.54) is 24.1 Å². The maximum atomic E-state index is 12.9. The smallest absolute Gasteiger partial charge is 0.261 e. The standard InChI is InChI=1S/C25H29ClN4O5/c1-34-21-13-19(27)18(26)12-17(21)23(31)28-20-8-11-29(14-22(20)35-2)9-5-10-30-24(32)15-6-3-4-7-16(15)25(30)33/h3-4,6-7,12-13,20,22H,5,8-11,14,27H2,1-2H3,(H,28,31). The molecule has 3 amide bonds. The van der Waals surface area contributed by atoms with Gasteiger partial charge in [0.2, 0.25) is 0 Å². The predicted octanol–water partition coefficient (Wildman–Crippen LogP) is 2.44. The van der Waals surface area contributed by atoms with Crippen LogP contribution in [0.15, 0.2) is 36.4 Å². The Kier molecular flexibility index (Phi) is 7.59. The molecule has 10 heteroatoms. The van der Waals surface area contributed by atoms with Crippen molar-refractivity contribution in [2.24, 2.45) is 0 Å². The summed E-state index contributed by atoms with van der Waals surface area (Å²) >= 11 is 6.11. The summed E-state index contributed by atoms with van der Waals surface area (Å²) in [6, 6.07) is 9.74. The summed E-state index contributed by atoms with van der Waals surface area (Å²) in [4.78, 5) is 41.6. The minimum absolute atomic E-state index is 0.193. The fourth-order valence-electron chi connectivity index (χ4n) is 4.64. The van der Waals surface area contributed by atoms with Gasteiger partial charge in [0, 0.05) is 32.8 Å². The van der Waals surface area contributed by atoms with E-state index in [2.05, 4.69) is 10.2 Å². The monoisotopic (exact) mass is 500 g/mol. The van der Waals surface area contributed by atoms with E-state index in [4.69, 9.17) is 26.8 Å². The molecule has 2 atom stereocenters. The van der Waals surface area contributed by atoms with Gasteiger partial charge in [0.05, 0.1) is 46.7 Å². The van der Waals surface area contributed by atoms with Crippen molar-refractivity contribution in [2.45, 2.75) is 25.0 Å². The average molecular weight is 501 g/mol. The Bertz CT molecular complexity index is 1110. The number of imide groups is 1. The molecule has 0 saturated carbocycles. The fourth-order valence-corrected chi connectivity index (χ4v) is 4.81. The second kappa shape index (κ2) is 10.6. The first-order chi connectivity index (χ1) is 16.8. The zero-order chi connectivity index (χ0) is 25.1. The first-order valence-electron chi connectivity index (χ1n) is 11.5. The van der Waals surface area contributed by atoms with E-state index in [-0.39, 0.29) is 34.9 Å². The summed E-state index contributed by atoms with van der Waals surface area (Å²) in [6.07, 6.45) is 1.12. The van der Waals surface area contributed by atoms with Crippen molar-refractivity contribution in [3.05, 3.63) is 58.1 Å². The Balaban J connectivity index is 1.30. The van der Waals surface area contributed by atoms with E-state index in [0.29, 0.717) is 60.6 Å². The number of methoxy groups -OCH3 is 2. The number of rotatable bonds is 8. The highest BCUT2D eigenvalue weighted by Crippen LogP contribution is 2.29. The van der Waals surface area contributed by atoms with Crippen LogP contribution in [-0.2, 0) is 4.74 Å². The van der Waals surface area contributed by atoms with Crippen LogP contribution in [0.2, 0.25) is 5.02 Å². The van der Waals surface area contributed by atoms with Gasteiger partial charge in [-0.25, -0.2) is 0 Å². The Morgan fingerprint density at radius 2 is 1.83 bits per heavy atom. The Morgan fingerprint density at radius 3 is 2.46 bits per heavy atom. The number of nitrogens with one attached hydrogen (secondary N) is 1. The number of ether oxygens (including phenoxy) is 2. The van der Waals surface area contributed by atoms with Crippen molar-refractivity contribution in [3.8, 4) is 5.75 Å². The van der Waals surface area contributed by atoms with Crippen LogP contribution >= 0.6 is 11.6 Å². The van der Waals surface area contributed by atoms with Crippen LogP contribution < -0.4 is 15.8 Å². The van der Waals surface area contributed by atoms with Gasteiger partial charge in [-0.3, -0.25) is 19.3 Å². The molecular formula is C25H29ClN4O5. The summed E-state index contributed by atoms with van der Waals surface area (Å²) in [5.74, 6) is -0.432. The van der Waals surface area contributed by atoms with Crippen molar-refractivity contribution in [1.82, 2.24) is 15.1 Å². The number of nitrogens with two attached hydrogens (primary N) is 1. The van der Waals surface area contributed by atoms with Gasteiger partial charge in [-0.1, -0.05) is 23.7 Å². The molecule has 186 valence electrons. The highest BCUT2D eigenvalue weighted by molar-refractivity contribution is 6.33. The third-order valence-corrected chi connectivity index (χ3v) is 6.89. The number of piperidine rings is 1. The van der Waals surface area contributed by atoms with E-state index >= 15 is 0 Å². The molecule has 1 saturated heterocycles. The second-order valence-corrected chi connectivity index (χ2v) is 9.09. The zero-order valence-electron chi connectivity index (χ0n) is 19.8. The number of nitrogen functional groups attached to an aromatic ring is 1. The number of nitrogens with zero attached hydrogens (tertiary/aromatic N) is 2. The lowest BCUT2D eigenvalue weighted by Crippen LogP contribution is -2.55. The third kappa shape index (κ3) is 5.12. The van der Waals surface area contributed by atoms with Gasteiger partial charge in [-0.05, 0) is 37.6 Å². The number of amides is 3. The molecular weight excluding hydrogens is 472 g/mol. The summed E-state index contributed by atoms with van der Waals surface area (Å²) in [5, 5.41) is 3.32. The number of anilines is 1. The van der Waals surface area contributed by atoms with Gasteiger partial charge in [0.15, 0.2) is 0 Å². The lowest BCUT2D eigenvalue weighted by molar-refractivity contribution is 0.00560. The molecule has 3 N–H and O–H groups in total. The number of carbonyl (C=O) groups is 3. The van der Waals surface area contributed by atoms with E-state index in [1.807, 2.05) is 0 Å². The van der Waals surface area contributed by atoms with Gasteiger partial charge in [-0.15, -0.1) is 0 Å². The van der Waals surface area contributed by atoms with Crippen molar-refractivity contribution in [1.29, 1.82) is 0 Å². The number of likely N-dealkylation sites (tertiary alicyclic amines) is 1. The lowest BCUT2D eigenvalue weighted by atomic mass is 10.0. The van der Waals surface area contributed by atoms with Gasteiger partial charge < -0.3 is 25.4 Å². The first-order valence-corrected chi connectivity index (χ1v) is 11.9. The van der Waals surface area contributed by atoms with Crippen LogP contribution in [0.4, 0.5) is 5.69 Å². The molecule has 1 fully saturated rings. The van der Waals surface area contributed by atoms with Crippen LogP contribution in [0.3, 0.4) is 0 Å². The number of hydrogen-bond donors (Lipinski definition) is 2. The number of fused-ring (bicyclic) bond motifs is 1. The molecule has 2 unspecified atom stereocenters. The minimum Gasteiger partial charge on any atom is -0.496 e. The predicted molar refractivity (Wildman–Crippen MR) is 132 cm³/mol. The molecule has 2 aliphatic heterocycles. The van der Waals surface area contributed by atoms with Crippen LogP contribution in [0.25, 0.3) is 0 Å². The maximum absolute atomic E-state index is 12.9. The zero-order valence-corrected chi connectivity index (χ0v) is 20.5. The van der Waals surface area contributed by atoms with Gasteiger partial charge >= 0.3 is 0 Å². The normalized spacial score (nSPS) is 20.1. The van der Waals surface area contributed by atoms with Crippen molar-refractivity contribution in [3.63, 3.8) is 0 Å². The number of benzene rings is 2. The van der Waals surface area contributed by atoms with Gasteiger partial charge in [0.1, 0.15) is 5.75 Å². The Morgan fingerprint density at radius 1 is 1.14 bits per heavy atom. The molecule has 2 aromatic rings. The summed E-state index contributed by atoms with van der Waals surface area (Å²) in [7, 11) is 3.09. The molecule has 35 heavy (non-hydrogen) atoms. The van der Waals surface area contributed by atoms with Crippen LogP contribution in [0.1, 0.15) is 43.9 Å². The largest absolute Gasteiger partial charge is 0.496 e. The van der Waals surface area contributed by atoms with Crippen molar-refractivity contribution in [2.75, 3.05) is 46.1 Å². The average Bonchev–Trinajstić information content (AvgIpc) is 3.11. The summed E-state index contributed by atoms with van der Waals surface area (Å²) in [6.45, 7) is 2.42. The molecule has 0 aliphatic carbocycles. The number of carbonyl (C=O) groups excluding carboxylic acids is 3. The van der Waals surface area contributed by atoms with E-state index < -0.39 is 0 Å². The molecule has 4 rings (SSSR count). The van der Waals surface area contributed by atoms with E-state index in [0.717, 1.165) is 6.54 Å². The van der Waals surface area contributed by atoms with Crippen LogP contribution in [0.5, 0.6) is 5.75 Å². The number of halogens is 1. The van der Waals surface area contributed by atoms with E-state index in [1.54, 1.807) is 31.4 Å². The molecule has 2 aliphatic rings. The Hall–Kier alpha value is -3.14. The minimum atomic E-state index is -0.310. The molecule has 0 spiro atoms. The molecule has 2 aromatic carbocycles.